The minimum absolute atomic E-state index is 0.329. The maximum absolute atomic E-state index is 13.5. The van der Waals surface area contributed by atoms with E-state index in [1.165, 1.54) is 30.8 Å². The number of amides is 3. The minimum atomic E-state index is -1.02. The Morgan fingerprint density at radius 3 is 2.35 bits per heavy atom. The van der Waals surface area contributed by atoms with Crippen molar-refractivity contribution in [1.82, 2.24) is 15.5 Å². The summed E-state index contributed by atoms with van der Waals surface area (Å²) in [5.41, 5.74) is 1.70. The van der Waals surface area contributed by atoms with Crippen LogP contribution in [0.3, 0.4) is 0 Å². The molecule has 0 aromatic heterocycles. The summed E-state index contributed by atoms with van der Waals surface area (Å²) < 4.78 is 9.93. The Balaban J connectivity index is 3.29. The van der Waals surface area contributed by atoms with Gasteiger partial charge in [-0.2, -0.15) is 11.8 Å². The van der Waals surface area contributed by atoms with Gasteiger partial charge in [0.15, 0.2) is 0 Å². The summed E-state index contributed by atoms with van der Waals surface area (Å²) in [4.78, 5) is 52.0. The first-order valence-electron chi connectivity index (χ1n) is 11.0. The SMILES string of the molecule is COC(=O)CNC(=O)C(c1cccc(C)c1C)N(C)C(=O)C(CCSC)NC(=O)OC(C)(C)C. The summed E-state index contributed by atoms with van der Waals surface area (Å²) in [5, 5.41) is 5.19. The van der Waals surface area contributed by atoms with Crippen molar-refractivity contribution in [3.05, 3.63) is 34.9 Å². The number of likely N-dealkylation sites (N-methyl/N-ethyl adjacent to an activating group) is 1. The average molecular weight is 496 g/mol. The van der Waals surface area contributed by atoms with Crippen molar-refractivity contribution >= 4 is 35.6 Å². The molecule has 0 saturated heterocycles. The van der Waals surface area contributed by atoms with Crippen LogP contribution >= 0.6 is 11.8 Å². The molecule has 190 valence electrons. The van der Waals surface area contributed by atoms with Gasteiger partial charge in [-0.25, -0.2) is 4.79 Å². The highest BCUT2D eigenvalue weighted by atomic mass is 32.2. The second kappa shape index (κ2) is 13.2. The quantitative estimate of drug-likeness (QED) is 0.480. The molecule has 1 rings (SSSR count). The van der Waals surface area contributed by atoms with Gasteiger partial charge < -0.3 is 25.0 Å². The normalized spacial score (nSPS) is 12.8. The van der Waals surface area contributed by atoms with E-state index < -0.39 is 41.6 Å². The van der Waals surface area contributed by atoms with Crippen molar-refractivity contribution in [3.8, 4) is 0 Å². The number of esters is 1. The second-order valence-corrected chi connectivity index (χ2v) is 9.90. The fraction of sp³-hybridized carbons (Fsp3) is 0.583. The van der Waals surface area contributed by atoms with Crippen molar-refractivity contribution in [3.63, 3.8) is 0 Å². The molecule has 0 heterocycles. The van der Waals surface area contributed by atoms with Crippen LogP contribution < -0.4 is 10.6 Å². The van der Waals surface area contributed by atoms with Crippen LogP contribution in [0.5, 0.6) is 0 Å². The van der Waals surface area contributed by atoms with Crippen molar-refractivity contribution < 1.29 is 28.7 Å². The number of thioether (sulfide) groups is 1. The largest absolute Gasteiger partial charge is 0.468 e. The van der Waals surface area contributed by atoms with E-state index in [1.807, 2.05) is 26.2 Å². The molecule has 34 heavy (non-hydrogen) atoms. The highest BCUT2D eigenvalue weighted by molar-refractivity contribution is 7.98. The molecule has 0 bridgehead atoms. The van der Waals surface area contributed by atoms with Crippen LogP contribution in [0.2, 0.25) is 0 Å². The number of carbonyl (C=O) groups is 4. The Kier molecular flexibility index (Phi) is 11.4. The fourth-order valence-electron chi connectivity index (χ4n) is 3.24. The molecule has 2 atom stereocenters. The number of hydrogen-bond acceptors (Lipinski definition) is 7. The highest BCUT2D eigenvalue weighted by Gasteiger charge is 2.35. The lowest BCUT2D eigenvalue weighted by molar-refractivity contribution is -0.143. The van der Waals surface area contributed by atoms with Gasteiger partial charge in [-0.1, -0.05) is 18.2 Å². The number of nitrogens with one attached hydrogen (secondary N) is 2. The Labute approximate surface area is 206 Å². The number of hydrogen-bond donors (Lipinski definition) is 2. The lowest BCUT2D eigenvalue weighted by atomic mass is 9.95. The highest BCUT2D eigenvalue weighted by Crippen LogP contribution is 2.26. The van der Waals surface area contributed by atoms with E-state index in [0.717, 1.165) is 11.1 Å². The Hall–Kier alpha value is -2.75. The lowest BCUT2D eigenvalue weighted by Crippen LogP contribution is -2.52. The van der Waals surface area contributed by atoms with Crippen molar-refractivity contribution in [2.24, 2.45) is 0 Å². The average Bonchev–Trinajstić information content (AvgIpc) is 2.75. The molecule has 1 aromatic carbocycles. The summed E-state index contributed by atoms with van der Waals surface area (Å²) in [6.45, 7) is 8.66. The fourth-order valence-corrected chi connectivity index (χ4v) is 3.71. The van der Waals surface area contributed by atoms with Gasteiger partial charge in [0.1, 0.15) is 24.2 Å². The van der Waals surface area contributed by atoms with E-state index in [0.29, 0.717) is 17.7 Å². The van der Waals surface area contributed by atoms with E-state index in [4.69, 9.17) is 4.74 Å². The predicted octanol–water partition coefficient (Wildman–Crippen LogP) is 2.74. The summed E-state index contributed by atoms with van der Waals surface area (Å²) in [5.74, 6) is -0.968. The topological polar surface area (TPSA) is 114 Å². The Morgan fingerprint density at radius 1 is 1.15 bits per heavy atom. The summed E-state index contributed by atoms with van der Waals surface area (Å²) in [7, 11) is 2.74. The third kappa shape index (κ3) is 8.89. The van der Waals surface area contributed by atoms with Gasteiger partial charge >= 0.3 is 12.1 Å². The van der Waals surface area contributed by atoms with Crippen molar-refractivity contribution in [1.29, 1.82) is 0 Å². The molecule has 3 amide bonds. The van der Waals surface area contributed by atoms with E-state index in [1.54, 1.807) is 32.9 Å². The van der Waals surface area contributed by atoms with Crippen molar-refractivity contribution in [2.45, 2.75) is 58.7 Å². The van der Waals surface area contributed by atoms with E-state index in [9.17, 15) is 19.2 Å². The smallest absolute Gasteiger partial charge is 0.408 e. The van der Waals surface area contributed by atoms with Crippen LogP contribution in [0.1, 0.15) is 49.9 Å². The van der Waals surface area contributed by atoms with E-state index >= 15 is 0 Å². The van der Waals surface area contributed by atoms with Crippen LogP contribution in [0.15, 0.2) is 18.2 Å². The molecule has 10 heteroatoms. The maximum atomic E-state index is 13.5. The van der Waals surface area contributed by atoms with Crippen LogP contribution in [0.25, 0.3) is 0 Å². The van der Waals surface area contributed by atoms with Crippen LogP contribution in [0, 0.1) is 13.8 Å². The molecule has 0 fully saturated rings. The standard InChI is InChI=1S/C24H37N3O6S/c1-15-10-9-11-17(16(15)2)20(21(29)25-14-19(28)32-7)27(6)22(30)18(12-13-34-8)26-23(31)33-24(3,4)5/h9-11,18,20H,12-14H2,1-8H3,(H,25,29)(H,26,31). The molecule has 0 aliphatic rings. The molecule has 0 aliphatic carbocycles. The number of methoxy groups -OCH3 is 1. The summed E-state index contributed by atoms with van der Waals surface area (Å²) >= 11 is 1.54. The monoisotopic (exact) mass is 495 g/mol. The van der Waals surface area contributed by atoms with Gasteiger partial charge in [0.25, 0.3) is 0 Å². The number of alkyl carbamates (subject to hydrolysis) is 1. The van der Waals surface area contributed by atoms with Gasteiger partial charge in [0.2, 0.25) is 11.8 Å². The Morgan fingerprint density at radius 2 is 1.79 bits per heavy atom. The lowest BCUT2D eigenvalue weighted by Gasteiger charge is -2.32. The number of rotatable bonds is 10. The molecule has 9 nitrogen and oxygen atoms in total. The van der Waals surface area contributed by atoms with Crippen LogP contribution in [0.4, 0.5) is 4.79 Å². The minimum Gasteiger partial charge on any atom is -0.468 e. The first-order valence-corrected chi connectivity index (χ1v) is 12.4. The zero-order valence-electron chi connectivity index (χ0n) is 21.3. The number of nitrogens with zero attached hydrogens (tertiary/aromatic N) is 1. The van der Waals surface area contributed by atoms with E-state index in [-0.39, 0.29) is 6.54 Å². The number of ether oxygens (including phenoxy) is 2. The van der Waals surface area contributed by atoms with Crippen LogP contribution in [-0.2, 0) is 23.9 Å². The van der Waals surface area contributed by atoms with Gasteiger partial charge in [-0.3, -0.25) is 14.4 Å². The molecule has 2 unspecified atom stereocenters. The molecular weight excluding hydrogens is 458 g/mol. The molecule has 0 saturated carbocycles. The number of aryl methyl sites for hydroxylation is 1. The molecule has 2 N–H and O–H groups in total. The zero-order chi connectivity index (χ0) is 26.1. The summed E-state index contributed by atoms with van der Waals surface area (Å²) in [6, 6.07) is 3.57. The van der Waals surface area contributed by atoms with Gasteiger partial charge in [-0.05, 0) is 69.7 Å². The predicted molar refractivity (Wildman–Crippen MR) is 133 cm³/mol. The third-order valence-corrected chi connectivity index (χ3v) is 5.80. The van der Waals surface area contributed by atoms with Gasteiger partial charge in [0.05, 0.1) is 7.11 Å². The third-order valence-electron chi connectivity index (χ3n) is 5.16. The first-order chi connectivity index (χ1) is 15.8. The van der Waals surface area contributed by atoms with Crippen molar-refractivity contribution in [2.75, 3.05) is 32.7 Å². The molecule has 0 radical (unpaired) electrons. The zero-order valence-corrected chi connectivity index (χ0v) is 22.1. The molecular formula is C24H37N3O6S. The molecule has 1 aromatic rings. The van der Waals surface area contributed by atoms with Crippen LogP contribution in [-0.4, -0.2) is 73.1 Å². The maximum Gasteiger partial charge on any atom is 0.408 e. The number of benzene rings is 1. The van der Waals surface area contributed by atoms with Gasteiger partial charge in [-0.15, -0.1) is 0 Å². The number of carbonyl (C=O) groups excluding carboxylic acids is 4. The van der Waals surface area contributed by atoms with E-state index in [2.05, 4.69) is 15.4 Å². The summed E-state index contributed by atoms with van der Waals surface area (Å²) in [6.07, 6.45) is 1.55. The first kappa shape index (κ1) is 29.3. The molecule has 0 spiro atoms. The second-order valence-electron chi connectivity index (χ2n) is 8.92. The molecule has 0 aliphatic heterocycles. The van der Waals surface area contributed by atoms with Gasteiger partial charge in [0, 0.05) is 7.05 Å². The Bertz CT molecular complexity index is 884.